The van der Waals surface area contributed by atoms with E-state index in [-0.39, 0.29) is 11.4 Å². The molecule has 0 fully saturated rings. The lowest BCUT2D eigenvalue weighted by Gasteiger charge is -2.21. The lowest BCUT2D eigenvalue weighted by Crippen LogP contribution is -2.22. The zero-order chi connectivity index (χ0) is 13.1. The van der Waals surface area contributed by atoms with Crippen LogP contribution in [-0.4, -0.2) is 11.4 Å². The Labute approximate surface area is 104 Å². The maximum absolute atomic E-state index is 11.8. The van der Waals surface area contributed by atoms with E-state index < -0.39 is 0 Å². The second-order valence-electron chi connectivity index (χ2n) is 5.76. The van der Waals surface area contributed by atoms with Crippen molar-refractivity contribution in [2.24, 2.45) is 5.92 Å². The predicted molar refractivity (Wildman–Crippen MR) is 70.6 cm³/mol. The molecule has 0 amide bonds. The van der Waals surface area contributed by atoms with Crippen molar-refractivity contribution < 1.29 is 9.53 Å². The van der Waals surface area contributed by atoms with Gasteiger partial charge in [-0.05, 0) is 51.0 Å². The molecule has 0 radical (unpaired) electrons. The van der Waals surface area contributed by atoms with Crippen LogP contribution >= 0.6 is 0 Å². The van der Waals surface area contributed by atoms with Crippen LogP contribution in [0.3, 0.4) is 0 Å². The SMILES string of the molecule is CC(C)CC(=O)c1ccc(OC(C)(C)C)cc1. The Morgan fingerprint density at radius 1 is 1.18 bits per heavy atom. The molecule has 1 aromatic carbocycles. The highest BCUT2D eigenvalue weighted by molar-refractivity contribution is 5.96. The summed E-state index contributed by atoms with van der Waals surface area (Å²) in [6.45, 7) is 10.1. The lowest BCUT2D eigenvalue weighted by molar-refractivity contribution is 0.0967. The summed E-state index contributed by atoms with van der Waals surface area (Å²) >= 11 is 0. The Kier molecular flexibility index (Phi) is 4.33. The normalized spacial score (nSPS) is 11.6. The van der Waals surface area contributed by atoms with Gasteiger partial charge in [-0.2, -0.15) is 0 Å². The third-order valence-electron chi connectivity index (χ3n) is 2.19. The molecular formula is C15H22O2. The van der Waals surface area contributed by atoms with Crippen molar-refractivity contribution >= 4 is 5.78 Å². The molecule has 1 rings (SSSR count). The highest BCUT2D eigenvalue weighted by Crippen LogP contribution is 2.19. The monoisotopic (exact) mass is 234 g/mol. The van der Waals surface area contributed by atoms with Crippen LogP contribution in [0.25, 0.3) is 0 Å². The summed E-state index contributed by atoms with van der Waals surface area (Å²) in [5.74, 6) is 1.40. The lowest BCUT2D eigenvalue weighted by atomic mass is 10.0. The van der Waals surface area contributed by atoms with Crippen LogP contribution < -0.4 is 4.74 Å². The van der Waals surface area contributed by atoms with Crippen molar-refractivity contribution in [1.29, 1.82) is 0 Å². The largest absolute Gasteiger partial charge is 0.488 e. The maximum Gasteiger partial charge on any atom is 0.163 e. The molecule has 94 valence electrons. The fourth-order valence-electron chi connectivity index (χ4n) is 1.55. The quantitative estimate of drug-likeness (QED) is 0.733. The number of ether oxygens (including phenoxy) is 1. The fraction of sp³-hybridized carbons (Fsp3) is 0.533. The molecule has 0 atom stereocenters. The Bertz CT molecular complexity index is 369. The van der Waals surface area contributed by atoms with Crippen LogP contribution in [0.4, 0.5) is 0 Å². The first-order valence-corrected chi connectivity index (χ1v) is 6.10. The molecule has 0 aromatic heterocycles. The predicted octanol–water partition coefficient (Wildman–Crippen LogP) is 4.09. The van der Waals surface area contributed by atoms with Crippen LogP contribution in [-0.2, 0) is 0 Å². The van der Waals surface area contributed by atoms with E-state index in [1.54, 1.807) is 0 Å². The Hall–Kier alpha value is -1.31. The van der Waals surface area contributed by atoms with Gasteiger partial charge in [0, 0.05) is 12.0 Å². The molecule has 2 nitrogen and oxygen atoms in total. The van der Waals surface area contributed by atoms with E-state index in [0.29, 0.717) is 12.3 Å². The molecule has 1 aromatic rings. The first kappa shape index (κ1) is 13.8. The average Bonchev–Trinajstić information content (AvgIpc) is 2.15. The fourth-order valence-corrected chi connectivity index (χ4v) is 1.55. The zero-order valence-electron chi connectivity index (χ0n) is 11.4. The molecule has 0 saturated heterocycles. The van der Waals surface area contributed by atoms with Gasteiger partial charge in [0.15, 0.2) is 5.78 Å². The van der Waals surface area contributed by atoms with Crippen molar-refractivity contribution in [3.8, 4) is 5.75 Å². The van der Waals surface area contributed by atoms with E-state index in [0.717, 1.165) is 11.3 Å². The van der Waals surface area contributed by atoms with Crippen molar-refractivity contribution in [2.45, 2.75) is 46.6 Å². The number of hydrogen-bond donors (Lipinski definition) is 0. The average molecular weight is 234 g/mol. The van der Waals surface area contributed by atoms with E-state index in [2.05, 4.69) is 13.8 Å². The summed E-state index contributed by atoms with van der Waals surface area (Å²) in [6.07, 6.45) is 0.597. The summed E-state index contributed by atoms with van der Waals surface area (Å²) < 4.78 is 5.71. The van der Waals surface area contributed by atoms with Gasteiger partial charge in [0.05, 0.1) is 0 Å². The zero-order valence-corrected chi connectivity index (χ0v) is 11.4. The van der Waals surface area contributed by atoms with Gasteiger partial charge in [0.2, 0.25) is 0 Å². The topological polar surface area (TPSA) is 26.3 Å². The van der Waals surface area contributed by atoms with Gasteiger partial charge in [0.25, 0.3) is 0 Å². The molecule has 0 heterocycles. The molecular weight excluding hydrogens is 212 g/mol. The number of Topliss-reactive ketones (excluding diaryl/α,β-unsaturated/α-hetero) is 1. The van der Waals surface area contributed by atoms with Crippen LogP contribution in [0.2, 0.25) is 0 Å². The van der Waals surface area contributed by atoms with E-state index in [1.165, 1.54) is 0 Å². The molecule has 0 aliphatic rings. The van der Waals surface area contributed by atoms with E-state index in [9.17, 15) is 4.79 Å². The van der Waals surface area contributed by atoms with Gasteiger partial charge in [-0.15, -0.1) is 0 Å². The first-order chi connectivity index (χ1) is 7.78. The highest BCUT2D eigenvalue weighted by Gasteiger charge is 2.12. The number of carbonyl (C=O) groups excluding carboxylic acids is 1. The number of benzene rings is 1. The summed E-state index contributed by atoms with van der Waals surface area (Å²) in [6, 6.07) is 7.40. The number of hydrogen-bond acceptors (Lipinski definition) is 2. The van der Waals surface area contributed by atoms with Crippen LogP contribution in [0.1, 0.15) is 51.4 Å². The molecule has 0 spiro atoms. The summed E-state index contributed by atoms with van der Waals surface area (Å²) in [4.78, 5) is 11.8. The van der Waals surface area contributed by atoms with Crippen molar-refractivity contribution in [3.63, 3.8) is 0 Å². The van der Waals surface area contributed by atoms with Crippen LogP contribution in [0.5, 0.6) is 5.75 Å². The molecule has 0 aliphatic carbocycles. The molecule has 0 unspecified atom stereocenters. The Balaban J connectivity index is 2.71. The molecule has 0 N–H and O–H groups in total. The van der Waals surface area contributed by atoms with Gasteiger partial charge in [-0.1, -0.05) is 13.8 Å². The van der Waals surface area contributed by atoms with Crippen LogP contribution in [0.15, 0.2) is 24.3 Å². The smallest absolute Gasteiger partial charge is 0.163 e. The van der Waals surface area contributed by atoms with E-state index in [4.69, 9.17) is 4.74 Å². The van der Waals surface area contributed by atoms with Crippen molar-refractivity contribution in [3.05, 3.63) is 29.8 Å². The summed E-state index contributed by atoms with van der Waals surface area (Å²) in [5, 5.41) is 0. The molecule has 0 bridgehead atoms. The first-order valence-electron chi connectivity index (χ1n) is 6.10. The van der Waals surface area contributed by atoms with Crippen molar-refractivity contribution in [2.75, 3.05) is 0 Å². The summed E-state index contributed by atoms with van der Waals surface area (Å²) in [7, 11) is 0. The highest BCUT2D eigenvalue weighted by atomic mass is 16.5. The minimum atomic E-state index is -0.205. The molecule has 17 heavy (non-hydrogen) atoms. The number of carbonyl (C=O) groups is 1. The molecule has 0 saturated carbocycles. The van der Waals surface area contributed by atoms with Crippen LogP contribution in [0, 0.1) is 5.92 Å². The van der Waals surface area contributed by atoms with Gasteiger partial charge in [-0.3, -0.25) is 4.79 Å². The van der Waals surface area contributed by atoms with Crippen molar-refractivity contribution in [1.82, 2.24) is 0 Å². The van der Waals surface area contributed by atoms with Gasteiger partial charge >= 0.3 is 0 Å². The minimum Gasteiger partial charge on any atom is -0.488 e. The second kappa shape index (κ2) is 5.35. The third kappa shape index (κ3) is 5.03. The number of rotatable bonds is 4. The molecule has 2 heteroatoms. The Morgan fingerprint density at radius 2 is 1.71 bits per heavy atom. The van der Waals surface area contributed by atoms with Gasteiger partial charge < -0.3 is 4.74 Å². The summed E-state index contributed by atoms with van der Waals surface area (Å²) in [5.41, 5.74) is 0.559. The van der Waals surface area contributed by atoms with Gasteiger partial charge in [0.1, 0.15) is 11.4 Å². The van der Waals surface area contributed by atoms with E-state index >= 15 is 0 Å². The maximum atomic E-state index is 11.8. The standard InChI is InChI=1S/C15H22O2/c1-11(2)10-14(16)12-6-8-13(9-7-12)17-15(3,4)5/h6-9,11H,10H2,1-5H3. The molecule has 0 aliphatic heterocycles. The number of ketones is 1. The van der Waals surface area contributed by atoms with Gasteiger partial charge in [-0.25, -0.2) is 0 Å². The second-order valence-corrected chi connectivity index (χ2v) is 5.76. The Morgan fingerprint density at radius 3 is 2.12 bits per heavy atom. The van der Waals surface area contributed by atoms with E-state index in [1.807, 2.05) is 45.0 Å². The minimum absolute atomic E-state index is 0.197. The third-order valence-corrected chi connectivity index (χ3v) is 2.19.